The van der Waals surface area contributed by atoms with Crippen LogP contribution in [0.5, 0.6) is 5.75 Å². The minimum Gasteiger partial charge on any atom is -0.496 e. The third-order valence-corrected chi connectivity index (χ3v) is 4.99. The fraction of sp³-hybridized carbons (Fsp3) is 0.0870. The monoisotopic (exact) mass is 437 g/mol. The number of nitrogens with zero attached hydrogens (tertiary/aromatic N) is 1. The number of hydrogen-bond acceptors (Lipinski definition) is 4. The molecule has 2 amide bonds. The van der Waals surface area contributed by atoms with Crippen molar-refractivity contribution in [2.24, 2.45) is 4.99 Å². The fourth-order valence-corrected chi connectivity index (χ4v) is 3.38. The minimum absolute atomic E-state index is 0.0414. The maximum absolute atomic E-state index is 13.7. The van der Waals surface area contributed by atoms with Gasteiger partial charge in [0.25, 0.3) is 11.8 Å². The number of benzodiazepines with no additional fused rings is 1. The number of rotatable bonds is 4. The van der Waals surface area contributed by atoms with Gasteiger partial charge in [-0.25, -0.2) is 9.38 Å². The number of anilines is 1. The molecular formula is C23H17ClFN3O3. The normalized spacial score (nSPS) is 15.3. The molecule has 0 saturated carbocycles. The number of methoxy groups -OCH3 is 1. The average Bonchev–Trinajstić information content (AvgIpc) is 2.90. The number of ether oxygens (including phenoxy) is 1. The standard InChI is InChI=1S/C23H17ClFN3O3/c1-31-19-11-10-15(25)12-17(19)22(29)28-21-23(30)26-18-5-3-2-4-16(18)20(27-21)13-6-8-14(24)9-7-13/h2-12,21H,1H3,(H,26,30)(H,28,29)/t21-/m0/s1. The van der Waals surface area contributed by atoms with E-state index in [1.54, 1.807) is 36.4 Å². The van der Waals surface area contributed by atoms with Crippen LogP contribution in [-0.2, 0) is 4.79 Å². The molecule has 2 N–H and O–H groups in total. The van der Waals surface area contributed by atoms with Gasteiger partial charge >= 0.3 is 0 Å². The summed E-state index contributed by atoms with van der Waals surface area (Å²) in [5, 5.41) is 5.90. The van der Waals surface area contributed by atoms with Crippen LogP contribution < -0.4 is 15.4 Å². The van der Waals surface area contributed by atoms with Gasteiger partial charge in [-0.05, 0) is 36.4 Å². The van der Waals surface area contributed by atoms with Gasteiger partial charge in [0.15, 0.2) is 0 Å². The van der Waals surface area contributed by atoms with Gasteiger partial charge in [-0.2, -0.15) is 0 Å². The van der Waals surface area contributed by atoms with E-state index in [2.05, 4.69) is 15.6 Å². The summed E-state index contributed by atoms with van der Waals surface area (Å²) in [4.78, 5) is 30.2. The third kappa shape index (κ3) is 4.27. The molecule has 1 atom stereocenters. The molecule has 0 spiro atoms. The Kier molecular flexibility index (Phi) is 5.68. The summed E-state index contributed by atoms with van der Waals surface area (Å²) in [5.74, 6) is -1.64. The van der Waals surface area contributed by atoms with Crippen LogP contribution in [0.25, 0.3) is 0 Å². The van der Waals surface area contributed by atoms with E-state index in [-0.39, 0.29) is 11.3 Å². The van der Waals surface area contributed by atoms with Crippen LogP contribution in [0.4, 0.5) is 10.1 Å². The summed E-state index contributed by atoms with van der Waals surface area (Å²) in [6, 6.07) is 17.7. The number of hydrogen-bond donors (Lipinski definition) is 2. The molecule has 0 bridgehead atoms. The zero-order valence-corrected chi connectivity index (χ0v) is 17.1. The smallest absolute Gasteiger partial charge is 0.269 e. The Hall–Kier alpha value is -3.71. The number of aliphatic imine (C=N–C) groups is 1. The number of carbonyl (C=O) groups excluding carboxylic acids is 2. The molecule has 4 rings (SSSR count). The van der Waals surface area contributed by atoms with Crippen LogP contribution in [0.1, 0.15) is 21.5 Å². The molecule has 1 heterocycles. The number of amides is 2. The van der Waals surface area contributed by atoms with Crippen molar-refractivity contribution in [1.82, 2.24) is 5.32 Å². The number of fused-ring (bicyclic) bond motifs is 1. The van der Waals surface area contributed by atoms with Crippen LogP contribution in [0.2, 0.25) is 5.02 Å². The third-order valence-electron chi connectivity index (χ3n) is 4.74. The molecule has 8 heteroatoms. The van der Waals surface area contributed by atoms with Gasteiger partial charge in [-0.15, -0.1) is 0 Å². The van der Waals surface area contributed by atoms with Crippen molar-refractivity contribution in [3.8, 4) is 5.75 Å². The van der Waals surface area contributed by atoms with E-state index < -0.39 is 23.8 Å². The van der Waals surface area contributed by atoms with Crippen molar-refractivity contribution in [3.63, 3.8) is 0 Å². The van der Waals surface area contributed by atoms with Gasteiger partial charge in [-0.1, -0.05) is 41.9 Å². The van der Waals surface area contributed by atoms with Crippen molar-refractivity contribution >= 4 is 34.8 Å². The molecular weight excluding hydrogens is 421 g/mol. The van der Waals surface area contributed by atoms with E-state index in [0.29, 0.717) is 22.0 Å². The number of carbonyl (C=O) groups is 2. The number of nitrogens with one attached hydrogen (secondary N) is 2. The number of benzene rings is 3. The van der Waals surface area contributed by atoms with E-state index in [0.717, 1.165) is 11.6 Å². The maximum atomic E-state index is 13.7. The molecule has 1 aliphatic heterocycles. The summed E-state index contributed by atoms with van der Waals surface area (Å²) in [6.45, 7) is 0. The zero-order chi connectivity index (χ0) is 22.0. The Labute approximate surface area is 182 Å². The van der Waals surface area contributed by atoms with Gasteiger partial charge in [0.05, 0.1) is 24.1 Å². The van der Waals surface area contributed by atoms with Crippen molar-refractivity contribution in [2.45, 2.75) is 6.17 Å². The molecule has 0 aromatic heterocycles. The van der Waals surface area contributed by atoms with E-state index >= 15 is 0 Å². The van der Waals surface area contributed by atoms with Crippen molar-refractivity contribution in [3.05, 3.63) is 94.3 Å². The quantitative estimate of drug-likeness (QED) is 0.646. The highest BCUT2D eigenvalue weighted by Gasteiger charge is 2.28. The second kappa shape index (κ2) is 8.57. The summed E-state index contributed by atoms with van der Waals surface area (Å²) in [6.07, 6.45) is -1.25. The van der Waals surface area contributed by atoms with Gasteiger partial charge < -0.3 is 15.4 Å². The van der Waals surface area contributed by atoms with Crippen molar-refractivity contribution in [1.29, 1.82) is 0 Å². The lowest BCUT2D eigenvalue weighted by atomic mass is 10.0. The van der Waals surface area contributed by atoms with Crippen LogP contribution in [0.15, 0.2) is 71.7 Å². The molecule has 0 unspecified atom stereocenters. The predicted molar refractivity (Wildman–Crippen MR) is 116 cm³/mol. The first-order chi connectivity index (χ1) is 15.0. The predicted octanol–water partition coefficient (Wildman–Crippen LogP) is 4.03. The van der Waals surface area contributed by atoms with Gasteiger partial charge in [0.2, 0.25) is 6.17 Å². The minimum atomic E-state index is -1.25. The highest BCUT2D eigenvalue weighted by atomic mass is 35.5. The van der Waals surface area contributed by atoms with Crippen LogP contribution in [0.3, 0.4) is 0 Å². The van der Waals surface area contributed by atoms with E-state index in [9.17, 15) is 14.0 Å². The first-order valence-electron chi connectivity index (χ1n) is 9.34. The zero-order valence-electron chi connectivity index (χ0n) is 16.4. The molecule has 3 aromatic rings. The SMILES string of the molecule is COc1ccc(F)cc1C(=O)N[C@@H]1N=C(c2ccc(Cl)cc2)c2ccccc2NC1=O. The van der Waals surface area contributed by atoms with Crippen LogP contribution in [-0.4, -0.2) is 30.8 Å². The fourth-order valence-electron chi connectivity index (χ4n) is 3.25. The lowest BCUT2D eigenvalue weighted by Gasteiger charge is -2.15. The maximum Gasteiger partial charge on any atom is 0.269 e. The first-order valence-corrected chi connectivity index (χ1v) is 9.72. The topological polar surface area (TPSA) is 79.8 Å². The molecule has 3 aromatic carbocycles. The Balaban J connectivity index is 1.75. The van der Waals surface area contributed by atoms with E-state index in [1.807, 2.05) is 12.1 Å². The van der Waals surface area contributed by atoms with Crippen LogP contribution >= 0.6 is 11.6 Å². The Bertz CT molecular complexity index is 1190. The largest absolute Gasteiger partial charge is 0.496 e. The molecule has 0 aliphatic carbocycles. The van der Waals surface area contributed by atoms with Crippen LogP contribution in [0, 0.1) is 5.82 Å². The highest BCUT2D eigenvalue weighted by molar-refractivity contribution is 6.30. The molecule has 1 aliphatic rings. The van der Waals surface area contributed by atoms with E-state index in [1.165, 1.54) is 19.2 Å². The lowest BCUT2D eigenvalue weighted by Crippen LogP contribution is -2.42. The molecule has 31 heavy (non-hydrogen) atoms. The first kappa shape index (κ1) is 20.6. The summed E-state index contributed by atoms with van der Waals surface area (Å²) in [7, 11) is 1.37. The average molecular weight is 438 g/mol. The Morgan fingerprint density at radius 3 is 2.61 bits per heavy atom. The summed E-state index contributed by atoms with van der Waals surface area (Å²) in [5.41, 5.74) is 2.43. The number of halogens is 2. The summed E-state index contributed by atoms with van der Waals surface area (Å²) >= 11 is 6.01. The Morgan fingerprint density at radius 2 is 1.87 bits per heavy atom. The summed E-state index contributed by atoms with van der Waals surface area (Å²) < 4.78 is 18.8. The molecule has 0 saturated heterocycles. The highest BCUT2D eigenvalue weighted by Crippen LogP contribution is 2.25. The molecule has 156 valence electrons. The van der Waals surface area contributed by atoms with Gasteiger partial charge in [0, 0.05) is 16.1 Å². The van der Waals surface area contributed by atoms with Gasteiger partial charge in [0.1, 0.15) is 11.6 Å². The number of para-hydroxylation sites is 1. The van der Waals surface area contributed by atoms with Crippen molar-refractivity contribution < 1.29 is 18.7 Å². The second-order valence-electron chi connectivity index (χ2n) is 6.74. The molecule has 0 radical (unpaired) electrons. The lowest BCUT2D eigenvalue weighted by molar-refractivity contribution is -0.117. The van der Waals surface area contributed by atoms with Gasteiger partial charge in [-0.3, -0.25) is 9.59 Å². The van der Waals surface area contributed by atoms with E-state index in [4.69, 9.17) is 16.3 Å². The molecule has 0 fully saturated rings. The molecule has 6 nitrogen and oxygen atoms in total. The second-order valence-corrected chi connectivity index (χ2v) is 7.18. The Morgan fingerprint density at radius 1 is 1.13 bits per heavy atom. The van der Waals surface area contributed by atoms with Crippen molar-refractivity contribution in [2.75, 3.05) is 12.4 Å².